The van der Waals surface area contributed by atoms with Crippen molar-refractivity contribution in [3.63, 3.8) is 0 Å². The molecule has 0 radical (unpaired) electrons. The molecule has 0 saturated heterocycles. The number of nitrogens with zero attached hydrogens (tertiary/aromatic N) is 14. The van der Waals surface area contributed by atoms with Gasteiger partial charge in [-0.25, -0.2) is 49.8 Å². The molecule has 0 atom stereocenters. The number of aromatic nitrogens is 14. The van der Waals surface area contributed by atoms with Crippen LogP contribution < -0.4 is 0 Å². The molecular formula is C136H88N14. The van der Waals surface area contributed by atoms with Gasteiger partial charge in [0, 0.05) is 132 Å². The molecule has 10 aromatic heterocycles. The largest absolute Gasteiger partial charge is 0.265 e. The minimum Gasteiger partial charge on any atom is -0.265 e. The Morgan fingerprint density at radius 3 is 0.707 bits per heavy atom. The van der Waals surface area contributed by atoms with E-state index in [2.05, 4.69) is 366 Å². The SMILES string of the molecule is c1ccc(-c2cc(-c3cccc(-c4ccc(-c5cc(-c6cccnc6)nc(-c6cccnc6)n5)cc4)c3)c3c(ccc4ccccc43)n2)cc1.c1ccc(-c2cc(-c3cccc(-c4ccc(-c5cc(-c6ccncc6)nc(-c6ccncc6)n5)cc4)c3)c3c(ccc4ccccc43)n2)cc1.c1ccc(-c2cc(-c3cccc(-c4ccc(-c5nc(-c6ccccc6)nc(-c6ccccc6)n5)cc4)c3)c3c(ccc4ccccc43)n2)cc1. The van der Waals surface area contributed by atoms with E-state index in [0.717, 1.165) is 206 Å². The van der Waals surface area contributed by atoms with E-state index in [1.807, 2.05) is 146 Å². The summed E-state index contributed by atoms with van der Waals surface area (Å²) in [5.41, 5.74) is 34.7. The van der Waals surface area contributed by atoms with E-state index in [4.69, 9.17) is 49.8 Å². The summed E-state index contributed by atoms with van der Waals surface area (Å²) in [6, 6.07) is 168. The lowest BCUT2D eigenvalue weighted by Crippen LogP contribution is -2.00. The summed E-state index contributed by atoms with van der Waals surface area (Å²) in [4.78, 5) is 66.8. The molecule has 0 aliphatic carbocycles. The van der Waals surface area contributed by atoms with Crippen molar-refractivity contribution in [2.75, 3.05) is 0 Å². The van der Waals surface area contributed by atoms with Crippen molar-refractivity contribution in [1.82, 2.24) is 69.8 Å². The molecule has 14 heteroatoms. The number of pyridine rings is 7. The summed E-state index contributed by atoms with van der Waals surface area (Å²) in [5, 5.41) is 10.7. The second-order valence-electron chi connectivity index (χ2n) is 36.7. The van der Waals surface area contributed by atoms with Gasteiger partial charge in [0.15, 0.2) is 29.1 Å². The van der Waals surface area contributed by atoms with Crippen LogP contribution in [-0.4, -0.2) is 69.8 Å². The van der Waals surface area contributed by atoms with Crippen molar-refractivity contribution >= 4 is 65.0 Å². The molecule has 702 valence electrons. The Morgan fingerprint density at radius 1 is 0.120 bits per heavy atom. The average molecular weight is 1920 g/mol. The van der Waals surface area contributed by atoms with Crippen LogP contribution in [0.5, 0.6) is 0 Å². The van der Waals surface area contributed by atoms with Crippen molar-refractivity contribution in [2.45, 2.75) is 0 Å². The molecule has 0 bridgehead atoms. The van der Waals surface area contributed by atoms with Crippen molar-refractivity contribution in [2.24, 2.45) is 0 Å². The second kappa shape index (κ2) is 41.1. The predicted octanol–water partition coefficient (Wildman–Crippen LogP) is 33.5. The standard InChI is InChI=1S/C46H30N4.2C45H29N5/c1-4-14-33(15-5-1)42-30-40(43-39-22-11-10-13-32(39)27-28-41(43)47-42)38-21-12-20-37(29-38)31-23-25-36(26-24-31)46-49-44(34-16-6-2-7-17-34)48-45(50-46)35-18-8-3-9-19-35;1-2-10-32(11-3-1)41-26-39(44-38-16-5-4-9-31(38)21-22-40(44)48-41)35-13-6-12-34(25-35)30-17-19-33(20-18-30)42-27-43(36-14-7-23-46-28-36)50-45(49-42)37-15-8-24-47-29-37;1-2-8-32(9-3-1)41-28-39(44-38-12-5-4-7-31(38)17-18-40(44)48-41)37-11-6-10-36(27-37)30-13-15-33(16-14-30)42-29-43(34-19-23-46-24-20-34)50-45(49-42)35-21-25-47-26-22-35/h1-30H;2*1-29H. The smallest absolute Gasteiger partial charge is 0.164 e. The van der Waals surface area contributed by atoms with Crippen LogP contribution in [0.3, 0.4) is 0 Å². The van der Waals surface area contributed by atoms with Gasteiger partial charge in [0.2, 0.25) is 0 Å². The molecule has 27 aromatic rings. The van der Waals surface area contributed by atoms with Crippen LogP contribution in [0.1, 0.15) is 0 Å². The monoisotopic (exact) mass is 1920 g/mol. The fourth-order valence-corrected chi connectivity index (χ4v) is 19.8. The van der Waals surface area contributed by atoms with E-state index >= 15 is 0 Å². The van der Waals surface area contributed by atoms with Crippen molar-refractivity contribution < 1.29 is 0 Å². The quantitative estimate of drug-likeness (QED) is 0.0740. The van der Waals surface area contributed by atoms with E-state index in [1.54, 1.807) is 43.4 Å². The van der Waals surface area contributed by atoms with Gasteiger partial charge in [0.05, 0.1) is 56.4 Å². The van der Waals surface area contributed by atoms with Crippen molar-refractivity contribution in [3.8, 4) is 203 Å². The zero-order valence-corrected chi connectivity index (χ0v) is 81.1. The summed E-state index contributed by atoms with van der Waals surface area (Å²) >= 11 is 0. The van der Waals surface area contributed by atoms with Crippen molar-refractivity contribution in [3.05, 3.63) is 535 Å². The van der Waals surface area contributed by atoms with E-state index in [0.29, 0.717) is 29.1 Å². The first-order valence-corrected chi connectivity index (χ1v) is 49.8. The van der Waals surface area contributed by atoms with E-state index < -0.39 is 0 Å². The Balaban J connectivity index is 0.000000116. The summed E-state index contributed by atoms with van der Waals surface area (Å²) in [7, 11) is 0. The number of rotatable bonds is 18. The van der Waals surface area contributed by atoms with Crippen LogP contribution in [0.2, 0.25) is 0 Å². The van der Waals surface area contributed by atoms with Gasteiger partial charge in [-0.2, -0.15) is 0 Å². The highest BCUT2D eigenvalue weighted by atomic mass is 15.0. The molecular weight excluding hydrogens is 1830 g/mol. The van der Waals surface area contributed by atoms with Gasteiger partial charge in [-0.3, -0.25) is 19.9 Å². The van der Waals surface area contributed by atoms with Crippen molar-refractivity contribution in [1.29, 1.82) is 0 Å². The lowest BCUT2D eigenvalue weighted by atomic mass is 9.92. The van der Waals surface area contributed by atoms with Gasteiger partial charge >= 0.3 is 0 Å². The maximum atomic E-state index is 5.14. The minimum absolute atomic E-state index is 0.623. The zero-order valence-electron chi connectivity index (χ0n) is 81.1. The highest BCUT2D eigenvalue weighted by Crippen LogP contribution is 2.45. The molecule has 0 aliphatic rings. The third-order valence-electron chi connectivity index (χ3n) is 27.3. The molecule has 150 heavy (non-hydrogen) atoms. The molecule has 0 spiro atoms. The lowest BCUT2D eigenvalue weighted by Gasteiger charge is -2.14. The maximum absolute atomic E-state index is 5.14. The molecule has 0 aliphatic heterocycles. The van der Waals surface area contributed by atoms with Crippen LogP contribution in [0.4, 0.5) is 0 Å². The fourth-order valence-electron chi connectivity index (χ4n) is 19.8. The molecule has 14 nitrogen and oxygen atoms in total. The Hall–Kier alpha value is -20.5. The van der Waals surface area contributed by atoms with Gasteiger partial charge in [-0.05, 0) is 214 Å². The number of hydrogen-bond donors (Lipinski definition) is 0. The Labute approximate surface area is 866 Å². The Morgan fingerprint density at radius 2 is 0.360 bits per heavy atom. The maximum Gasteiger partial charge on any atom is 0.164 e. The molecule has 0 unspecified atom stereocenters. The van der Waals surface area contributed by atoms with E-state index in [9.17, 15) is 0 Å². The number of fused-ring (bicyclic) bond motifs is 9. The second-order valence-corrected chi connectivity index (χ2v) is 36.7. The summed E-state index contributed by atoms with van der Waals surface area (Å²) in [5.74, 6) is 3.22. The van der Waals surface area contributed by atoms with Gasteiger partial charge in [-0.15, -0.1) is 0 Å². The zero-order chi connectivity index (χ0) is 99.8. The van der Waals surface area contributed by atoms with Gasteiger partial charge in [-0.1, -0.05) is 370 Å². The van der Waals surface area contributed by atoms with E-state index in [1.165, 1.54) is 32.3 Å². The van der Waals surface area contributed by atoms with Crippen LogP contribution in [0, 0.1) is 0 Å². The molecule has 0 saturated carbocycles. The summed E-state index contributed by atoms with van der Waals surface area (Å²) < 4.78 is 0. The first kappa shape index (κ1) is 90.8. The summed E-state index contributed by atoms with van der Waals surface area (Å²) in [6.45, 7) is 0. The fraction of sp³-hybridized carbons (Fsp3) is 0. The number of benzene rings is 17. The normalized spacial score (nSPS) is 11.2. The predicted molar refractivity (Wildman–Crippen MR) is 611 cm³/mol. The van der Waals surface area contributed by atoms with Crippen LogP contribution in [0.25, 0.3) is 268 Å². The third kappa shape index (κ3) is 19.0. The topological polar surface area (TPSA) is 180 Å². The average Bonchev–Trinajstić information content (AvgIpc) is 0.755. The molecule has 0 fully saturated rings. The third-order valence-corrected chi connectivity index (χ3v) is 27.3. The van der Waals surface area contributed by atoms with Gasteiger partial charge in [0.25, 0.3) is 0 Å². The first-order valence-electron chi connectivity index (χ1n) is 49.8. The molecule has 17 aromatic carbocycles. The van der Waals surface area contributed by atoms with Crippen LogP contribution in [0.15, 0.2) is 535 Å². The molecule has 27 rings (SSSR count). The summed E-state index contributed by atoms with van der Waals surface area (Å²) in [6.07, 6.45) is 14.2. The van der Waals surface area contributed by atoms with Crippen LogP contribution >= 0.6 is 0 Å². The van der Waals surface area contributed by atoms with Crippen LogP contribution in [-0.2, 0) is 0 Å². The molecule has 10 heterocycles. The highest BCUT2D eigenvalue weighted by molar-refractivity contribution is 6.17. The molecule has 0 N–H and O–H groups in total. The highest BCUT2D eigenvalue weighted by Gasteiger charge is 2.23. The molecule has 0 amide bonds. The lowest BCUT2D eigenvalue weighted by molar-refractivity contribution is 1.07. The Bertz CT molecular complexity index is 8570. The van der Waals surface area contributed by atoms with Gasteiger partial charge < -0.3 is 0 Å². The Kier molecular flexibility index (Phi) is 24.9. The van der Waals surface area contributed by atoms with Gasteiger partial charge in [0.1, 0.15) is 0 Å². The number of hydrogen-bond acceptors (Lipinski definition) is 14. The minimum atomic E-state index is 0.623. The first-order chi connectivity index (χ1) is 74.3. The van der Waals surface area contributed by atoms with E-state index in [-0.39, 0.29) is 0 Å².